The van der Waals surface area contributed by atoms with Crippen LogP contribution in [-0.4, -0.2) is 19.1 Å². The van der Waals surface area contributed by atoms with Crippen LogP contribution in [0.25, 0.3) is 0 Å². The molecule has 2 N–H and O–H groups in total. The van der Waals surface area contributed by atoms with Crippen LogP contribution in [0.1, 0.15) is 12.7 Å². The number of ether oxygens (including phenoxy) is 1. The lowest BCUT2D eigenvalue weighted by molar-refractivity contribution is -0.115. The number of benzene rings is 1. The zero-order valence-corrected chi connectivity index (χ0v) is 11.4. The summed E-state index contributed by atoms with van der Waals surface area (Å²) >= 11 is 0. The van der Waals surface area contributed by atoms with Crippen LogP contribution in [0.4, 0.5) is 5.69 Å². The molecule has 0 spiro atoms. The molecule has 0 bridgehead atoms. The van der Waals surface area contributed by atoms with Gasteiger partial charge in [-0.15, -0.1) is 0 Å². The zero-order chi connectivity index (χ0) is 14.2. The highest BCUT2D eigenvalue weighted by Crippen LogP contribution is 2.23. The first-order chi connectivity index (χ1) is 9.79. The van der Waals surface area contributed by atoms with Crippen LogP contribution < -0.4 is 15.4 Å². The SMILES string of the molecule is CCOc1ccccc1NC(=O)CNCc1ccco1. The molecule has 1 amide bonds. The second kappa shape index (κ2) is 7.35. The molecule has 2 rings (SSSR count). The highest BCUT2D eigenvalue weighted by Gasteiger charge is 2.07. The summed E-state index contributed by atoms with van der Waals surface area (Å²) in [5, 5.41) is 5.83. The van der Waals surface area contributed by atoms with E-state index in [1.54, 1.807) is 6.26 Å². The molecule has 1 aromatic carbocycles. The maximum Gasteiger partial charge on any atom is 0.238 e. The van der Waals surface area contributed by atoms with Gasteiger partial charge in [0.25, 0.3) is 0 Å². The van der Waals surface area contributed by atoms with Gasteiger partial charge in [0.2, 0.25) is 5.91 Å². The average molecular weight is 274 g/mol. The van der Waals surface area contributed by atoms with E-state index in [-0.39, 0.29) is 12.5 Å². The van der Waals surface area contributed by atoms with Gasteiger partial charge in [-0.3, -0.25) is 4.79 Å². The summed E-state index contributed by atoms with van der Waals surface area (Å²) in [7, 11) is 0. The van der Waals surface area contributed by atoms with Crippen LogP contribution in [0.5, 0.6) is 5.75 Å². The Morgan fingerprint density at radius 1 is 1.25 bits per heavy atom. The molecular formula is C15H18N2O3. The lowest BCUT2D eigenvalue weighted by Crippen LogP contribution is -2.27. The van der Waals surface area contributed by atoms with Crippen molar-refractivity contribution in [2.45, 2.75) is 13.5 Å². The lowest BCUT2D eigenvalue weighted by atomic mass is 10.3. The molecule has 1 heterocycles. The lowest BCUT2D eigenvalue weighted by Gasteiger charge is -2.11. The minimum atomic E-state index is -0.122. The topological polar surface area (TPSA) is 63.5 Å². The Morgan fingerprint density at radius 3 is 2.85 bits per heavy atom. The van der Waals surface area contributed by atoms with E-state index in [1.165, 1.54) is 0 Å². The Morgan fingerprint density at radius 2 is 2.10 bits per heavy atom. The monoisotopic (exact) mass is 274 g/mol. The minimum absolute atomic E-state index is 0.122. The van der Waals surface area contributed by atoms with Crippen LogP contribution in [-0.2, 0) is 11.3 Å². The predicted octanol–water partition coefficient (Wildman–Crippen LogP) is 2.41. The molecular weight excluding hydrogens is 256 g/mol. The summed E-state index contributed by atoms with van der Waals surface area (Å²) in [5.74, 6) is 1.35. The second-order valence-corrected chi connectivity index (χ2v) is 4.16. The van der Waals surface area contributed by atoms with Gasteiger partial charge in [0.1, 0.15) is 11.5 Å². The third-order valence-corrected chi connectivity index (χ3v) is 2.63. The number of para-hydroxylation sites is 2. The summed E-state index contributed by atoms with van der Waals surface area (Å²) in [4.78, 5) is 11.8. The molecule has 0 aliphatic rings. The quantitative estimate of drug-likeness (QED) is 0.814. The van der Waals surface area contributed by atoms with E-state index in [4.69, 9.17) is 9.15 Å². The normalized spacial score (nSPS) is 10.2. The van der Waals surface area contributed by atoms with Crippen LogP contribution in [0, 0.1) is 0 Å². The van der Waals surface area contributed by atoms with Crippen LogP contribution in [0.2, 0.25) is 0 Å². The Bertz CT molecular complexity index is 538. The summed E-state index contributed by atoms with van der Waals surface area (Å²) < 4.78 is 10.6. The van der Waals surface area contributed by atoms with Crippen molar-refractivity contribution in [2.24, 2.45) is 0 Å². The summed E-state index contributed by atoms with van der Waals surface area (Å²) in [6.45, 7) is 3.20. The Labute approximate surface area is 117 Å². The number of carbonyl (C=O) groups is 1. The fourth-order valence-corrected chi connectivity index (χ4v) is 1.76. The molecule has 0 aliphatic heterocycles. The molecule has 0 aliphatic carbocycles. The molecule has 20 heavy (non-hydrogen) atoms. The van der Waals surface area contributed by atoms with E-state index in [1.807, 2.05) is 43.3 Å². The number of anilines is 1. The van der Waals surface area contributed by atoms with Gasteiger partial charge in [-0.2, -0.15) is 0 Å². The van der Waals surface area contributed by atoms with Crippen molar-refractivity contribution in [2.75, 3.05) is 18.5 Å². The Kier molecular flexibility index (Phi) is 5.20. The first-order valence-corrected chi connectivity index (χ1v) is 6.54. The van der Waals surface area contributed by atoms with E-state index in [9.17, 15) is 4.79 Å². The van der Waals surface area contributed by atoms with Gasteiger partial charge in [0, 0.05) is 0 Å². The number of rotatable bonds is 7. The molecule has 5 heteroatoms. The van der Waals surface area contributed by atoms with Gasteiger partial charge in [-0.05, 0) is 31.2 Å². The maximum absolute atomic E-state index is 11.8. The van der Waals surface area contributed by atoms with E-state index in [0.717, 1.165) is 5.76 Å². The van der Waals surface area contributed by atoms with Crippen LogP contribution in [0.15, 0.2) is 47.1 Å². The predicted molar refractivity (Wildman–Crippen MR) is 76.7 cm³/mol. The molecule has 0 radical (unpaired) electrons. The first kappa shape index (κ1) is 14.1. The van der Waals surface area contributed by atoms with E-state index in [0.29, 0.717) is 24.6 Å². The van der Waals surface area contributed by atoms with Crippen LogP contribution in [0.3, 0.4) is 0 Å². The maximum atomic E-state index is 11.8. The minimum Gasteiger partial charge on any atom is -0.492 e. The molecule has 0 unspecified atom stereocenters. The average Bonchev–Trinajstić information content (AvgIpc) is 2.94. The number of nitrogens with one attached hydrogen (secondary N) is 2. The van der Waals surface area contributed by atoms with Crippen molar-refractivity contribution in [3.8, 4) is 5.75 Å². The summed E-state index contributed by atoms with van der Waals surface area (Å²) in [6, 6.07) is 11.0. The Hall–Kier alpha value is -2.27. The molecule has 5 nitrogen and oxygen atoms in total. The zero-order valence-electron chi connectivity index (χ0n) is 11.4. The molecule has 0 atom stereocenters. The van der Waals surface area contributed by atoms with Crippen molar-refractivity contribution in [3.05, 3.63) is 48.4 Å². The van der Waals surface area contributed by atoms with Crippen molar-refractivity contribution in [1.82, 2.24) is 5.32 Å². The highest BCUT2D eigenvalue weighted by atomic mass is 16.5. The Balaban J connectivity index is 1.82. The standard InChI is InChI=1S/C15H18N2O3/c1-2-19-14-8-4-3-7-13(14)17-15(18)11-16-10-12-6-5-9-20-12/h3-9,16H,2,10-11H2,1H3,(H,17,18). The summed E-state index contributed by atoms with van der Waals surface area (Å²) in [6.07, 6.45) is 1.61. The van der Waals surface area contributed by atoms with E-state index >= 15 is 0 Å². The molecule has 0 saturated heterocycles. The number of hydrogen-bond acceptors (Lipinski definition) is 4. The number of furan rings is 1. The second-order valence-electron chi connectivity index (χ2n) is 4.16. The third-order valence-electron chi connectivity index (χ3n) is 2.63. The fourth-order valence-electron chi connectivity index (χ4n) is 1.76. The van der Waals surface area contributed by atoms with E-state index < -0.39 is 0 Å². The van der Waals surface area contributed by atoms with E-state index in [2.05, 4.69) is 10.6 Å². The van der Waals surface area contributed by atoms with Crippen LogP contribution >= 0.6 is 0 Å². The highest BCUT2D eigenvalue weighted by molar-refractivity contribution is 5.93. The molecule has 1 aromatic heterocycles. The number of carbonyl (C=O) groups excluding carboxylic acids is 1. The first-order valence-electron chi connectivity index (χ1n) is 6.54. The van der Waals surface area contributed by atoms with Crippen molar-refractivity contribution < 1.29 is 13.9 Å². The number of hydrogen-bond donors (Lipinski definition) is 2. The molecule has 0 saturated carbocycles. The number of amides is 1. The van der Waals surface area contributed by atoms with Gasteiger partial charge >= 0.3 is 0 Å². The van der Waals surface area contributed by atoms with Crippen molar-refractivity contribution in [1.29, 1.82) is 0 Å². The third kappa shape index (κ3) is 4.13. The van der Waals surface area contributed by atoms with Crippen molar-refractivity contribution in [3.63, 3.8) is 0 Å². The van der Waals surface area contributed by atoms with Gasteiger partial charge in [0.15, 0.2) is 0 Å². The molecule has 106 valence electrons. The fraction of sp³-hybridized carbons (Fsp3) is 0.267. The smallest absolute Gasteiger partial charge is 0.238 e. The van der Waals surface area contributed by atoms with Gasteiger partial charge in [0.05, 0.1) is 31.6 Å². The van der Waals surface area contributed by atoms with Crippen molar-refractivity contribution >= 4 is 11.6 Å². The summed E-state index contributed by atoms with van der Waals surface area (Å²) in [5.41, 5.74) is 0.680. The molecule has 0 fully saturated rings. The van der Waals surface area contributed by atoms with Gasteiger partial charge in [-0.1, -0.05) is 12.1 Å². The molecule has 2 aromatic rings. The largest absolute Gasteiger partial charge is 0.492 e. The van der Waals surface area contributed by atoms with Gasteiger partial charge in [-0.25, -0.2) is 0 Å². The van der Waals surface area contributed by atoms with Gasteiger partial charge < -0.3 is 19.8 Å².